The first-order valence-corrected chi connectivity index (χ1v) is 6.71. The zero-order valence-corrected chi connectivity index (χ0v) is 11.6. The molecule has 1 saturated heterocycles. The summed E-state index contributed by atoms with van der Waals surface area (Å²) in [7, 11) is 0. The van der Waals surface area contributed by atoms with E-state index in [4.69, 9.17) is 0 Å². The van der Waals surface area contributed by atoms with Gasteiger partial charge in [0.15, 0.2) is 0 Å². The van der Waals surface area contributed by atoms with Gasteiger partial charge in [0, 0.05) is 32.4 Å². The molecule has 1 atom stereocenters. The first-order valence-electron chi connectivity index (χ1n) is 6.71. The molecule has 1 aliphatic rings. The highest BCUT2D eigenvalue weighted by Gasteiger charge is 2.33. The fraction of sp³-hybridized carbons (Fsp3) is 0.538. The van der Waals surface area contributed by atoms with Crippen LogP contribution in [0.5, 0.6) is 0 Å². The molecule has 21 heavy (non-hydrogen) atoms. The van der Waals surface area contributed by atoms with Crippen molar-refractivity contribution in [2.24, 2.45) is 0 Å². The van der Waals surface area contributed by atoms with Crippen LogP contribution in [-0.2, 0) is 11.0 Å². The molecular formula is C13H17F3N4O. The van der Waals surface area contributed by atoms with Crippen LogP contribution in [0.2, 0.25) is 0 Å². The number of rotatable bonds is 3. The SMILES string of the molecule is CCNC(=O)C1CNCCN1c1cc(C(F)(F)F)ccn1. The molecule has 0 spiro atoms. The standard InChI is InChI=1S/C13H17F3N4O/c1-2-18-12(21)10-8-17-5-6-20(10)11-7-9(3-4-19-11)13(14,15)16/h3-4,7,10,17H,2,5-6,8H2,1H3,(H,18,21). The van der Waals surface area contributed by atoms with Gasteiger partial charge in [-0.25, -0.2) is 4.98 Å². The van der Waals surface area contributed by atoms with Crippen LogP contribution in [-0.4, -0.2) is 43.1 Å². The van der Waals surface area contributed by atoms with E-state index in [-0.39, 0.29) is 11.7 Å². The molecule has 0 aromatic carbocycles. The molecule has 2 N–H and O–H groups in total. The van der Waals surface area contributed by atoms with Crippen molar-refractivity contribution in [3.63, 3.8) is 0 Å². The molecule has 0 radical (unpaired) electrons. The van der Waals surface area contributed by atoms with E-state index in [1.807, 2.05) is 0 Å². The Balaban J connectivity index is 2.27. The summed E-state index contributed by atoms with van der Waals surface area (Å²) in [6, 6.07) is 1.35. The zero-order chi connectivity index (χ0) is 15.5. The lowest BCUT2D eigenvalue weighted by Gasteiger charge is -2.36. The molecule has 1 aromatic heterocycles. The molecule has 1 unspecified atom stereocenters. The normalized spacial score (nSPS) is 19.4. The third kappa shape index (κ3) is 3.63. The molecule has 0 saturated carbocycles. The van der Waals surface area contributed by atoms with Gasteiger partial charge in [-0.15, -0.1) is 0 Å². The minimum atomic E-state index is -4.42. The number of halogens is 3. The van der Waals surface area contributed by atoms with Gasteiger partial charge in [0.05, 0.1) is 5.56 Å². The number of carbonyl (C=O) groups excluding carboxylic acids is 1. The van der Waals surface area contributed by atoms with Gasteiger partial charge in [-0.1, -0.05) is 0 Å². The highest BCUT2D eigenvalue weighted by Crippen LogP contribution is 2.31. The van der Waals surface area contributed by atoms with Crippen molar-refractivity contribution >= 4 is 11.7 Å². The van der Waals surface area contributed by atoms with Crippen LogP contribution in [0.3, 0.4) is 0 Å². The predicted molar refractivity (Wildman–Crippen MR) is 71.9 cm³/mol. The largest absolute Gasteiger partial charge is 0.416 e. The van der Waals surface area contributed by atoms with Crippen LogP contribution in [0.1, 0.15) is 12.5 Å². The Hall–Kier alpha value is -1.83. The number of hydrogen-bond donors (Lipinski definition) is 2. The molecule has 116 valence electrons. The van der Waals surface area contributed by atoms with Crippen molar-refractivity contribution in [1.29, 1.82) is 0 Å². The number of alkyl halides is 3. The number of anilines is 1. The van der Waals surface area contributed by atoms with Gasteiger partial charge in [-0.3, -0.25) is 4.79 Å². The second-order valence-corrected chi connectivity index (χ2v) is 4.71. The van der Waals surface area contributed by atoms with Crippen molar-refractivity contribution in [2.75, 3.05) is 31.1 Å². The monoisotopic (exact) mass is 302 g/mol. The summed E-state index contributed by atoms with van der Waals surface area (Å²) in [5.41, 5.74) is -0.763. The molecule has 0 aliphatic carbocycles. The summed E-state index contributed by atoms with van der Waals surface area (Å²) in [6.07, 6.45) is -3.30. The number of piperazine rings is 1. The summed E-state index contributed by atoms with van der Waals surface area (Å²) in [6.45, 7) is 3.66. The Morgan fingerprint density at radius 3 is 3.00 bits per heavy atom. The van der Waals surface area contributed by atoms with E-state index in [9.17, 15) is 18.0 Å². The molecule has 2 heterocycles. The maximum atomic E-state index is 12.8. The van der Waals surface area contributed by atoms with E-state index < -0.39 is 17.8 Å². The fourth-order valence-corrected chi connectivity index (χ4v) is 2.26. The van der Waals surface area contributed by atoms with Crippen LogP contribution in [0.4, 0.5) is 19.0 Å². The molecule has 0 bridgehead atoms. The summed E-state index contributed by atoms with van der Waals surface area (Å²) < 4.78 is 38.3. The molecule has 1 aliphatic heterocycles. The van der Waals surface area contributed by atoms with Gasteiger partial charge in [-0.2, -0.15) is 13.2 Å². The number of aromatic nitrogens is 1. The second-order valence-electron chi connectivity index (χ2n) is 4.71. The number of nitrogens with one attached hydrogen (secondary N) is 2. The number of hydrogen-bond acceptors (Lipinski definition) is 4. The second kappa shape index (κ2) is 6.30. The van der Waals surface area contributed by atoms with E-state index in [0.29, 0.717) is 26.2 Å². The van der Waals surface area contributed by atoms with E-state index in [1.165, 1.54) is 0 Å². The highest BCUT2D eigenvalue weighted by atomic mass is 19.4. The van der Waals surface area contributed by atoms with Crippen molar-refractivity contribution in [2.45, 2.75) is 19.1 Å². The van der Waals surface area contributed by atoms with Crippen LogP contribution < -0.4 is 15.5 Å². The van der Waals surface area contributed by atoms with Gasteiger partial charge in [0.1, 0.15) is 11.9 Å². The summed E-state index contributed by atoms with van der Waals surface area (Å²) in [4.78, 5) is 17.6. The van der Waals surface area contributed by atoms with E-state index in [0.717, 1.165) is 18.3 Å². The highest BCUT2D eigenvalue weighted by molar-refractivity contribution is 5.85. The Labute approximate surface area is 120 Å². The lowest BCUT2D eigenvalue weighted by Crippen LogP contribution is -2.58. The van der Waals surface area contributed by atoms with E-state index in [2.05, 4.69) is 15.6 Å². The average molecular weight is 302 g/mol. The van der Waals surface area contributed by atoms with Gasteiger partial charge in [-0.05, 0) is 19.1 Å². The smallest absolute Gasteiger partial charge is 0.355 e. The van der Waals surface area contributed by atoms with Crippen molar-refractivity contribution < 1.29 is 18.0 Å². The van der Waals surface area contributed by atoms with Crippen molar-refractivity contribution in [3.05, 3.63) is 23.9 Å². The number of amides is 1. The van der Waals surface area contributed by atoms with Crippen LogP contribution in [0, 0.1) is 0 Å². The Morgan fingerprint density at radius 2 is 2.33 bits per heavy atom. The fourth-order valence-electron chi connectivity index (χ4n) is 2.26. The Kier molecular flexibility index (Phi) is 4.66. The third-order valence-electron chi connectivity index (χ3n) is 3.26. The van der Waals surface area contributed by atoms with Crippen molar-refractivity contribution in [3.8, 4) is 0 Å². The minimum Gasteiger partial charge on any atom is -0.355 e. The number of pyridine rings is 1. The van der Waals surface area contributed by atoms with Crippen LogP contribution in [0.25, 0.3) is 0 Å². The Bertz CT molecular complexity index is 506. The Morgan fingerprint density at radius 1 is 1.57 bits per heavy atom. The predicted octanol–water partition coefficient (Wildman–Crippen LogP) is 1.01. The van der Waals surface area contributed by atoms with Crippen molar-refractivity contribution in [1.82, 2.24) is 15.6 Å². The van der Waals surface area contributed by atoms with Crippen LogP contribution >= 0.6 is 0 Å². The first kappa shape index (κ1) is 15.6. The van der Waals surface area contributed by atoms with E-state index >= 15 is 0 Å². The maximum absolute atomic E-state index is 12.8. The summed E-state index contributed by atoms with van der Waals surface area (Å²) in [5.74, 6) is -0.0495. The summed E-state index contributed by atoms with van der Waals surface area (Å²) >= 11 is 0. The lowest BCUT2D eigenvalue weighted by molar-refractivity contribution is -0.137. The molecule has 1 amide bonds. The van der Waals surface area contributed by atoms with Gasteiger partial charge in [0.25, 0.3) is 0 Å². The zero-order valence-electron chi connectivity index (χ0n) is 11.6. The van der Waals surface area contributed by atoms with Gasteiger partial charge < -0.3 is 15.5 Å². The third-order valence-corrected chi connectivity index (χ3v) is 3.26. The molecule has 1 fully saturated rings. The number of nitrogens with zero attached hydrogens (tertiary/aromatic N) is 2. The average Bonchev–Trinajstić information content (AvgIpc) is 2.47. The molecule has 1 aromatic rings. The molecule has 5 nitrogen and oxygen atoms in total. The molecule has 8 heteroatoms. The quantitative estimate of drug-likeness (QED) is 0.875. The number of likely N-dealkylation sites (N-methyl/N-ethyl adjacent to an activating group) is 1. The minimum absolute atomic E-state index is 0.169. The first-order chi connectivity index (χ1) is 9.93. The topological polar surface area (TPSA) is 57.3 Å². The van der Waals surface area contributed by atoms with Gasteiger partial charge >= 0.3 is 6.18 Å². The lowest BCUT2D eigenvalue weighted by atomic mass is 10.1. The summed E-state index contributed by atoms with van der Waals surface area (Å²) in [5, 5.41) is 5.76. The number of carbonyl (C=O) groups is 1. The van der Waals surface area contributed by atoms with E-state index in [1.54, 1.807) is 11.8 Å². The van der Waals surface area contributed by atoms with Gasteiger partial charge in [0.2, 0.25) is 5.91 Å². The maximum Gasteiger partial charge on any atom is 0.416 e. The van der Waals surface area contributed by atoms with Crippen LogP contribution in [0.15, 0.2) is 18.3 Å². The molecule has 2 rings (SSSR count). The molecular weight excluding hydrogens is 285 g/mol.